The Morgan fingerprint density at radius 1 is 0.927 bits per heavy atom. The Morgan fingerprint density at radius 3 is 2.59 bits per heavy atom. The summed E-state index contributed by atoms with van der Waals surface area (Å²) in [6.07, 6.45) is 3.76. The summed E-state index contributed by atoms with van der Waals surface area (Å²) in [6, 6.07) is 23.4. The van der Waals surface area contributed by atoms with Gasteiger partial charge in [0.15, 0.2) is 6.61 Å². The number of aromatic nitrogens is 2. The molecule has 0 saturated carbocycles. The lowest BCUT2D eigenvalue weighted by molar-refractivity contribution is -0.147. The number of amidine groups is 1. The highest BCUT2D eigenvalue weighted by Gasteiger charge is 2.19. The van der Waals surface area contributed by atoms with Crippen LogP contribution >= 0.6 is 0 Å². The van der Waals surface area contributed by atoms with E-state index >= 15 is 0 Å². The molecular formula is C30H31N5O5S. The van der Waals surface area contributed by atoms with Crippen molar-refractivity contribution < 1.29 is 22.7 Å². The molecule has 2 heterocycles. The van der Waals surface area contributed by atoms with Gasteiger partial charge in [0.05, 0.1) is 22.3 Å². The minimum Gasteiger partial charge on any atom is -0.456 e. The van der Waals surface area contributed by atoms with Crippen LogP contribution in [-0.4, -0.2) is 48.8 Å². The van der Waals surface area contributed by atoms with Crippen LogP contribution in [0.15, 0.2) is 88.8 Å². The number of fused-ring (bicyclic) bond motifs is 1. The SMILES string of the molecule is O=C(COC(=O)CCc1nc2ccccc2n1-c1ccccc1)Nc1cccc(S(=O)(=O)NC2=NCCCCC2)c1. The first-order valence-electron chi connectivity index (χ1n) is 13.5. The molecule has 0 bridgehead atoms. The summed E-state index contributed by atoms with van der Waals surface area (Å²) in [6.45, 7) is 0.0969. The second-order valence-corrected chi connectivity index (χ2v) is 11.4. The third-order valence-electron chi connectivity index (χ3n) is 6.62. The zero-order chi connectivity index (χ0) is 28.7. The third kappa shape index (κ3) is 7.17. The monoisotopic (exact) mass is 573 g/mol. The van der Waals surface area contributed by atoms with Crippen molar-refractivity contribution in [2.45, 2.75) is 43.4 Å². The Labute approximate surface area is 238 Å². The normalized spacial score (nSPS) is 13.7. The van der Waals surface area contributed by atoms with Gasteiger partial charge >= 0.3 is 5.97 Å². The standard InChI is InChI=1S/C30H31N5O5S/c36-29(32-22-10-9-13-24(20-22)41(38,39)34-27-16-5-2-8-19-31-27)21-40-30(37)18-17-28-33-25-14-6-7-15-26(25)35(28)23-11-3-1-4-12-23/h1,3-4,6-7,9-15,20H,2,5,8,16-19,21H2,(H,31,34)(H,32,36). The van der Waals surface area contributed by atoms with E-state index in [0.717, 1.165) is 36.0 Å². The zero-order valence-corrected chi connectivity index (χ0v) is 23.3. The van der Waals surface area contributed by atoms with Crippen molar-refractivity contribution in [3.05, 3.63) is 84.7 Å². The maximum Gasteiger partial charge on any atom is 0.306 e. The molecule has 11 heteroatoms. The van der Waals surface area contributed by atoms with E-state index in [1.165, 1.54) is 18.2 Å². The minimum atomic E-state index is -3.85. The van der Waals surface area contributed by atoms with Crippen molar-refractivity contribution in [1.29, 1.82) is 0 Å². The average molecular weight is 574 g/mol. The maximum atomic E-state index is 12.8. The predicted octanol–water partition coefficient (Wildman–Crippen LogP) is 4.39. The molecule has 0 aliphatic carbocycles. The number of para-hydroxylation sites is 3. The number of hydrogen-bond acceptors (Lipinski definition) is 7. The quantitative estimate of drug-likeness (QED) is 0.286. The van der Waals surface area contributed by atoms with Crippen molar-refractivity contribution in [3.8, 4) is 5.69 Å². The fourth-order valence-corrected chi connectivity index (χ4v) is 5.78. The number of sulfonamides is 1. The number of aliphatic imine (C=N–C) groups is 1. The number of carbonyl (C=O) groups is 2. The van der Waals surface area contributed by atoms with Gasteiger partial charge in [-0.2, -0.15) is 0 Å². The summed E-state index contributed by atoms with van der Waals surface area (Å²) in [5.41, 5.74) is 2.96. The summed E-state index contributed by atoms with van der Waals surface area (Å²) in [7, 11) is -3.85. The summed E-state index contributed by atoms with van der Waals surface area (Å²) >= 11 is 0. The highest BCUT2D eigenvalue weighted by Crippen LogP contribution is 2.22. The van der Waals surface area contributed by atoms with Gasteiger partial charge in [0.1, 0.15) is 11.7 Å². The molecule has 0 unspecified atom stereocenters. The number of nitrogens with zero attached hydrogens (tertiary/aromatic N) is 3. The Morgan fingerprint density at radius 2 is 1.73 bits per heavy atom. The molecule has 1 amide bonds. The number of nitrogens with one attached hydrogen (secondary N) is 2. The molecule has 1 aromatic heterocycles. The summed E-state index contributed by atoms with van der Waals surface area (Å²) in [5, 5.41) is 2.59. The number of anilines is 1. The molecule has 0 radical (unpaired) electrons. The molecule has 2 N–H and O–H groups in total. The third-order valence-corrected chi connectivity index (χ3v) is 8.00. The van der Waals surface area contributed by atoms with Gasteiger partial charge in [0, 0.05) is 30.8 Å². The molecule has 1 aliphatic heterocycles. The van der Waals surface area contributed by atoms with Gasteiger partial charge in [-0.25, -0.2) is 13.4 Å². The molecule has 4 aromatic rings. The van der Waals surface area contributed by atoms with Crippen LogP contribution in [0.5, 0.6) is 0 Å². The number of amides is 1. The summed E-state index contributed by atoms with van der Waals surface area (Å²) in [5.74, 6) is 0.0329. The number of esters is 1. The van der Waals surface area contributed by atoms with E-state index in [4.69, 9.17) is 9.72 Å². The number of imidazole rings is 1. The molecule has 0 spiro atoms. The molecule has 0 saturated heterocycles. The summed E-state index contributed by atoms with van der Waals surface area (Å²) < 4.78 is 35.4. The average Bonchev–Trinajstić information content (AvgIpc) is 3.16. The van der Waals surface area contributed by atoms with Crippen LogP contribution in [0.3, 0.4) is 0 Å². The Hall–Kier alpha value is -4.51. The van der Waals surface area contributed by atoms with Crippen molar-refractivity contribution in [1.82, 2.24) is 14.3 Å². The van der Waals surface area contributed by atoms with E-state index in [1.807, 2.05) is 59.2 Å². The van der Waals surface area contributed by atoms with Crippen molar-refractivity contribution >= 4 is 44.5 Å². The lowest BCUT2D eigenvalue weighted by atomic mass is 10.2. The Bertz CT molecular complexity index is 1680. The first-order chi connectivity index (χ1) is 19.9. The second kappa shape index (κ2) is 12.8. The molecule has 3 aromatic carbocycles. The van der Waals surface area contributed by atoms with Crippen molar-refractivity contribution in [2.24, 2.45) is 4.99 Å². The van der Waals surface area contributed by atoms with Gasteiger partial charge < -0.3 is 10.1 Å². The van der Waals surface area contributed by atoms with Gasteiger partial charge in [-0.15, -0.1) is 0 Å². The minimum absolute atomic E-state index is 0.000506. The fraction of sp³-hybridized carbons (Fsp3) is 0.267. The maximum absolute atomic E-state index is 12.8. The lowest BCUT2D eigenvalue weighted by Gasteiger charge is -2.12. The van der Waals surface area contributed by atoms with E-state index in [2.05, 4.69) is 15.0 Å². The van der Waals surface area contributed by atoms with Crippen LogP contribution in [-0.2, 0) is 30.8 Å². The van der Waals surface area contributed by atoms with Gasteiger partial charge in [0.2, 0.25) is 0 Å². The Balaban J connectivity index is 1.16. The smallest absolute Gasteiger partial charge is 0.306 e. The molecule has 10 nitrogen and oxygen atoms in total. The first-order valence-corrected chi connectivity index (χ1v) is 15.0. The predicted molar refractivity (Wildman–Crippen MR) is 157 cm³/mol. The molecule has 5 rings (SSSR count). The van der Waals surface area contributed by atoms with E-state index in [-0.39, 0.29) is 17.0 Å². The molecule has 41 heavy (non-hydrogen) atoms. The highest BCUT2D eigenvalue weighted by molar-refractivity contribution is 7.90. The second-order valence-electron chi connectivity index (χ2n) is 9.67. The topological polar surface area (TPSA) is 132 Å². The highest BCUT2D eigenvalue weighted by atomic mass is 32.2. The van der Waals surface area contributed by atoms with Crippen molar-refractivity contribution in [2.75, 3.05) is 18.5 Å². The van der Waals surface area contributed by atoms with Crippen LogP contribution in [0.2, 0.25) is 0 Å². The number of rotatable bonds is 9. The number of benzene rings is 3. The van der Waals surface area contributed by atoms with Crippen LogP contribution < -0.4 is 10.0 Å². The number of ether oxygens (including phenoxy) is 1. The van der Waals surface area contributed by atoms with Gasteiger partial charge in [-0.3, -0.25) is 23.9 Å². The van der Waals surface area contributed by atoms with E-state index in [9.17, 15) is 18.0 Å². The molecule has 212 valence electrons. The molecule has 1 aliphatic rings. The number of carbonyl (C=O) groups excluding carboxylic acids is 2. The van der Waals surface area contributed by atoms with Crippen LogP contribution in [0.1, 0.15) is 37.9 Å². The fourth-order valence-electron chi connectivity index (χ4n) is 4.65. The Kier molecular flexibility index (Phi) is 8.73. The van der Waals surface area contributed by atoms with Crippen LogP contribution in [0.25, 0.3) is 16.7 Å². The summed E-state index contributed by atoms with van der Waals surface area (Å²) in [4.78, 5) is 34.0. The van der Waals surface area contributed by atoms with Gasteiger partial charge in [0.25, 0.3) is 15.9 Å². The van der Waals surface area contributed by atoms with Crippen molar-refractivity contribution in [3.63, 3.8) is 0 Å². The zero-order valence-electron chi connectivity index (χ0n) is 22.5. The van der Waals surface area contributed by atoms with E-state index in [1.54, 1.807) is 6.07 Å². The van der Waals surface area contributed by atoms with E-state index in [0.29, 0.717) is 31.0 Å². The number of hydrogen-bond donors (Lipinski definition) is 2. The number of aryl methyl sites for hydroxylation is 1. The van der Waals surface area contributed by atoms with Gasteiger partial charge in [-0.1, -0.05) is 42.8 Å². The van der Waals surface area contributed by atoms with Gasteiger partial charge in [-0.05, 0) is 55.3 Å². The molecule has 0 fully saturated rings. The first kappa shape index (κ1) is 28.0. The van der Waals surface area contributed by atoms with Crippen LogP contribution in [0.4, 0.5) is 5.69 Å². The largest absolute Gasteiger partial charge is 0.456 e. The van der Waals surface area contributed by atoms with E-state index < -0.39 is 28.5 Å². The lowest BCUT2D eigenvalue weighted by Crippen LogP contribution is -2.30. The molecular weight excluding hydrogens is 542 g/mol. The van der Waals surface area contributed by atoms with Crippen LogP contribution in [0, 0.1) is 0 Å². The molecule has 0 atom stereocenters.